The smallest absolute Gasteiger partial charge is 0.0649 e. The molecule has 0 N–H and O–H groups in total. The summed E-state index contributed by atoms with van der Waals surface area (Å²) in [7, 11) is 0. The summed E-state index contributed by atoms with van der Waals surface area (Å²) in [5.74, 6) is 0.597. The van der Waals surface area contributed by atoms with E-state index in [9.17, 15) is 0 Å². The van der Waals surface area contributed by atoms with Crippen LogP contribution in [0.1, 0.15) is 40.5 Å². The fraction of sp³-hybridized carbons (Fsp3) is 0.889. The largest absolute Gasteiger partial charge is 0.0930 e. The standard InChI is InChI=1S/C9H19/c1-6-9(4,5)7-8(2)3/h8H,2,6-7H2,1,3-5H3/q+1. The van der Waals surface area contributed by atoms with E-state index in [2.05, 4.69) is 34.6 Å². The maximum atomic E-state index is 3.97. The zero-order valence-electron chi connectivity index (χ0n) is 7.20. The third kappa shape index (κ3) is 4.38. The summed E-state index contributed by atoms with van der Waals surface area (Å²) in [6, 6.07) is 0. The van der Waals surface area contributed by atoms with Crippen LogP contribution in [-0.4, -0.2) is 0 Å². The van der Waals surface area contributed by atoms with E-state index in [1.807, 2.05) is 0 Å². The van der Waals surface area contributed by atoms with E-state index < -0.39 is 0 Å². The molecule has 0 spiro atoms. The molecular formula is C9H19+. The molecule has 0 saturated carbocycles. The van der Waals surface area contributed by atoms with Crippen LogP contribution in [0.4, 0.5) is 0 Å². The van der Waals surface area contributed by atoms with Crippen LogP contribution in [0.2, 0.25) is 0 Å². The van der Waals surface area contributed by atoms with Gasteiger partial charge in [0.1, 0.15) is 0 Å². The SMILES string of the molecule is [CH2+]C(C)CC(C)(C)CC. The average molecular weight is 127 g/mol. The summed E-state index contributed by atoms with van der Waals surface area (Å²) in [6.07, 6.45) is 2.50. The Morgan fingerprint density at radius 1 is 1.44 bits per heavy atom. The van der Waals surface area contributed by atoms with Crippen molar-refractivity contribution in [2.45, 2.75) is 40.5 Å². The summed E-state index contributed by atoms with van der Waals surface area (Å²) in [4.78, 5) is 0. The molecule has 1 unspecified atom stereocenters. The maximum Gasteiger partial charge on any atom is 0.0930 e. The normalized spacial score (nSPS) is 15.6. The summed E-state index contributed by atoms with van der Waals surface area (Å²) in [5, 5.41) is 0. The summed E-state index contributed by atoms with van der Waals surface area (Å²) in [5.41, 5.74) is 0.501. The zero-order chi connectivity index (χ0) is 7.49. The molecule has 0 aromatic carbocycles. The Morgan fingerprint density at radius 3 is 2.00 bits per heavy atom. The first-order chi connectivity index (χ1) is 3.98. The molecule has 0 nitrogen and oxygen atoms in total. The average Bonchev–Trinajstić information content (AvgIpc) is 1.63. The Morgan fingerprint density at radius 2 is 1.89 bits per heavy atom. The van der Waals surface area contributed by atoms with E-state index in [0.717, 1.165) is 0 Å². The molecule has 54 valence electrons. The van der Waals surface area contributed by atoms with Gasteiger partial charge in [-0.1, -0.05) is 27.2 Å². The molecule has 0 fully saturated rings. The number of rotatable bonds is 3. The summed E-state index contributed by atoms with van der Waals surface area (Å²) >= 11 is 0. The van der Waals surface area contributed by atoms with Gasteiger partial charge in [-0.05, 0) is 18.8 Å². The fourth-order valence-corrected chi connectivity index (χ4v) is 1.09. The van der Waals surface area contributed by atoms with E-state index >= 15 is 0 Å². The van der Waals surface area contributed by atoms with Crippen LogP contribution in [0.5, 0.6) is 0 Å². The predicted molar refractivity (Wildman–Crippen MR) is 43.2 cm³/mol. The van der Waals surface area contributed by atoms with Crippen LogP contribution >= 0.6 is 0 Å². The molecule has 0 aromatic heterocycles. The highest BCUT2D eigenvalue weighted by molar-refractivity contribution is 4.70. The second-order valence-corrected chi connectivity index (χ2v) is 3.83. The molecule has 0 saturated heterocycles. The molecule has 0 rings (SSSR count). The molecule has 0 amide bonds. The molecule has 0 aliphatic rings. The van der Waals surface area contributed by atoms with Gasteiger partial charge in [0.05, 0.1) is 12.8 Å². The Balaban J connectivity index is 3.58. The molecule has 0 heterocycles. The monoisotopic (exact) mass is 127 g/mol. The topological polar surface area (TPSA) is 0 Å². The first-order valence-corrected chi connectivity index (χ1v) is 3.81. The van der Waals surface area contributed by atoms with Gasteiger partial charge in [-0.15, -0.1) is 0 Å². The highest BCUT2D eigenvalue weighted by Crippen LogP contribution is 2.27. The van der Waals surface area contributed by atoms with Gasteiger partial charge in [0, 0.05) is 0 Å². The van der Waals surface area contributed by atoms with E-state index in [0.29, 0.717) is 11.3 Å². The van der Waals surface area contributed by atoms with Crippen molar-refractivity contribution in [1.29, 1.82) is 0 Å². The lowest BCUT2D eigenvalue weighted by Gasteiger charge is -2.21. The Bertz CT molecular complexity index is 70.1. The van der Waals surface area contributed by atoms with E-state index in [1.54, 1.807) is 0 Å². The van der Waals surface area contributed by atoms with Crippen LogP contribution in [0, 0.1) is 18.3 Å². The quantitative estimate of drug-likeness (QED) is 0.510. The van der Waals surface area contributed by atoms with Crippen molar-refractivity contribution in [3.05, 3.63) is 6.92 Å². The summed E-state index contributed by atoms with van der Waals surface area (Å²) < 4.78 is 0. The van der Waals surface area contributed by atoms with Gasteiger partial charge in [0.25, 0.3) is 0 Å². The number of hydrogen-bond donors (Lipinski definition) is 0. The van der Waals surface area contributed by atoms with Crippen LogP contribution in [0.3, 0.4) is 0 Å². The second kappa shape index (κ2) is 3.14. The lowest BCUT2D eigenvalue weighted by Crippen LogP contribution is -2.12. The Kier molecular flexibility index (Phi) is 3.10. The van der Waals surface area contributed by atoms with Gasteiger partial charge in [-0.3, -0.25) is 0 Å². The third-order valence-electron chi connectivity index (χ3n) is 1.86. The van der Waals surface area contributed by atoms with Crippen LogP contribution in [0.25, 0.3) is 0 Å². The minimum atomic E-state index is 0.501. The lowest BCUT2D eigenvalue weighted by molar-refractivity contribution is 0.289. The molecule has 0 aliphatic heterocycles. The van der Waals surface area contributed by atoms with Crippen molar-refractivity contribution in [1.82, 2.24) is 0 Å². The second-order valence-electron chi connectivity index (χ2n) is 3.83. The zero-order valence-corrected chi connectivity index (χ0v) is 7.20. The molecule has 0 radical (unpaired) electrons. The fourth-order valence-electron chi connectivity index (χ4n) is 1.09. The molecule has 1 atom stereocenters. The van der Waals surface area contributed by atoms with Crippen molar-refractivity contribution >= 4 is 0 Å². The third-order valence-corrected chi connectivity index (χ3v) is 1.86. The minimum Gasteiger partial charge on any atom is -0.0649 e. The Labute approximate surface area is 59.7 Å². The van der Waals surface area contributed by atoms with Gasteiger partial charge < -0.3 is 0 Å². The van der Waals surface area contributed by atoms with Gasteiger partial charge >= 0.3 is 0 Å². The minimum absolute atomic E-state index is 0.501. The maximum absolute atomic E-state index is 3.97. The number of hydrogen-bond acceptors (Lipinski definition) is 0. The van der Waals surface area contributed by atoms with Crippen molar-refractivity contribution in [2.75, 3.05) is 0 Å². The van der Waals surface area contributed by atoms with Crippen molar-refractivity contribution in [2.24, 2.45) is 11.3 Å². The molecule has 0 aromatic rings. The van der Waals surface area contributed by atoms with E-state index in [1.165, 1.54) is 12.8 Å². The van der Waals surface area contributed by atoms with E-state index in [-0.39, 0.29) is 0 Å². The summed E-state index contributed by atoms with van der Waals surface area (Å²) in [6.45, 7) is 13.0. The van der Waals surface area contributed by atoms with Crippen LogP contribution in [-0.2, 0) is 0 Å². The van der Waals surface area contributed by atoms with Gasteiger partial charge in [-0.25, -0.2) is 0 Å². The van der Waals surface area contributed by atoms with Crippen LogP contribution in [0.15, 0.2) is 0 Å². The van der Waals surface area contributed by atoms with Gasteiger partial charge in [0.2, 0.25) is 0 Å². The van der Waals surface area contributed by atoms with Crippen LogP contribution < -0.4 is 0 Å². The highest BCUT2D eigenvalue weighted by atomic mass is 14.2. The Hall–Kier alpha value is -0.130. The molecule has 0 bridgehead atoms. The molecule has 0 heteroatoms. The van der Waals surface area contributed by atoms with Crippen molar-refractivity contribution in [3.8, 4) is 0 Å². The van der Waals surface area contributed by atoms with Crippen molar-refractivity contribution in [3.63, 3.8) is 0 Å². The molecular weight excluding hydrogens is 108 g/mol. The predicted octanol–water partition coefficient (Wildman–Crippen LogP) is 3.28. The molecule has 0 aliphatic carbocycles. The van der Waals surface area contributed by atoms with Crippen molar-refractivity contribution < 1.29 is 0 Å². The first-order valence-electron chi connectivity index (χ1n) is 3.81. The molecule has 9 heavy (non-hydrogen) atoms. The lowest BCUT2D eigenvalue weighted by atomic mass is 9.82. The van der Waals surface area contributed by atoms with Gasteiger partial charge in [-0.2, -0.15) is 0 Å². The van der Waals surface area contributed by atoms with E-state index in [4.69, 9.17) is 0 Å². The van der Waals surface area contributed by atoms with Gasteiger partial charge in [0.15, 0.2) is 0 Å². The highest BCUT2D eigenvalue weighted by Gasteiger charge is 2.18. The first kappa shape index (κ1) is 8.87.